The van der Waals surface area contributed by atoms with Gasteiger partial charge in [-0.05, 0) is 62.0 Å². The minimum atomic E-state index is 0.0140. The van der Waals surface area contributed by atoms with Crippen molar-refractivity contribution < 1.29 is 9.53 Å². The van der Waals surface area contributed by atoms with E-state index in [-0.39, 0.29) is 11.9 Å². The minimum Gasteiger partial charge on any atom is -0.466 e. The summed E-state index contributed by atoms with van der Waals surface area (Å²) >= 11 is 0. The maximum Gasteiger partial charge on any atom is 0.309 e. The molecule has 2 atom stereocenters. The third-order valence-electron chi connectivity index (χ3n) is 5.37. The smallest absolute Gasteiger partial charge is 0.309 e. The van der Waals surface area contributed by atoms with Crippen molar-refractivity contribution in [1.82, 2.24) is 0 Å². The zero-order chi connectivity index (χ0) is 15.4. The van der Waals surface area contributed by atoms with Crippen LogP contribution in [0.4, 0.5) is 0 Å². The highest BCUT2D eigenvalue weighted by molar-refractivity contribution is 5.75. The van der Waals surface area contributed by atoms with E-state index in [2.05, 4.69) is 24.3 Å². The molecule has 0 radical (unpaired) electrons. The fourth-order valence-electron chi connectivity index (χ4n) is 3.85. The van der Waals surface area contributed by atoms with Crippen molar-refractivity contribution in [3.8, 4) is 0 Å². The Bertz CT molecular complexity index is 485. The van der Waals surface area contributed by atoms with E-state index >= 15 is 0 Å². The average Bonchev–Trinajstić information content (AvgIpc) is 3.34. The molecule has 2 saturated carbocycles. The van der Waals surface area contributed by atoms with Gasteiger partial charge in [0, 0.05) is 0 Å². The summed E-state index contributed by atoms with van der Waals surface area (Å²) in [6, 6.07) is 9.26. The van der Waals surface area contributed by atoms with Crippen LogP contribution in [0.5, 0.6) is 0 Å². The highest BCUT2D eigenvalue weighted by atomic mass is 16.5. The Morgan fingerprint density at radius 3 is 2.55 bits per heavy atom. The zero-order valence-electron chi connectivity index (χ0n) is 13.7. The summed E-state index contributed by atoms with van der Waals surface area (Å²) in [5, 5.41) is 0. The first-order valence-corrected chi connectivity index (χ1v) is 9.03. The van der Waals surface area contributed by atoms with E-state index in [0.29, 0.717) is 12.5 Å². The normalized spacial score (nSPS) is 25.0. The van der Waals surface area contributed by atoms with E-state index in [0.717, 1.165) is 25.2 Å². The second-order valence-corrected chi connectivity index (χ2v) is 6.97. The van der Waals surface area contributed by atoms with Crippen molar-refractivity contribution in [2.45, 2.75) is 64.2 Å². The fraction of sp³-hybridized carbons (Fsp3) is 0.650. The lowest BCUT2D eigenvalue weighted by molar-refractivity contribution is -0.145. The van der Waals surface area contributed by atoms with Crippen LogP contribution < -0.4 is 0 Å². The summed E-state index contributed by atoms with van der Waals surface area (Å²) in [6.07, 6.45) is 10.2. The monoisotopic (exact) mass is 300 g/mol. The van der Waals surface area contributed by atoms with E-state index in [1.54, 1.807) is 0 Å². The van der Waals surface area contributed by atoms with Crippen LogP contribution in [0.1, 0.15) is 68.9 Å². The lowest BCUT2D eigenvalue weighted by Gasteiger charge is -2.22. The van der Waals surface area contributed by atoms with Gasteiger partial charge in [0.05, 0.1) is 12.5 Å². The highest BCUT2D eigenvalue weighted by Crippen LogP contribution is 2.43. The molecule has 2 aliphatic carbocycles. The topological polar surface area (TPSA) is 26.3 Å². The molecule has 0 aromatic heterocycles. The molecule has 2 nitrogen and oxygen atoms in total. The molecule has 2 fully saturated rings. The molecule has 0 unspecified atom stereocenters. The summed E-state index contributed by atoms with van der Waals surface area (Å²) < 4.78 is 5.09. The van der Waals surface area contributed by atoms with E-state index < -0.39 is 0 Å². The number of aryl methyl sites for hydroxylation is 1. The first-order chi connectivity index (χ1) is 10.8. The quantitative estimate of drug-likeness (QED) is 0.701. The molecule has 1 aromatic rings. The lowest BCUT2D eigenvalue weighted by atomic mass is 9.84. The van der Waals surface area contributed by atoms with Gasteiger partial charge in [0.1, 0.15) is 0 Å². The van der Waals surface area contributed by atoms with Gasteiger partial charge in [-0.2, -0.15) is 0 Å². The van der Waals surface area contributed by atoms with Gasteiger partial charge in [-0.3, -0.25) is 4.79 Å². The number of ether oxygens (including phenoxy) is 1. The van der Waals surface area contributed by atoms with Gasteiger partial charge < -0.3 is 4.74 Å². The van der Waals surface area contributed by atoms with Gasteiger partial charge in [0.2, 0.25) is 0 Å². The fourth-order valence-corrected chi connectivity index (χ4v) is 3.85. The summed E-state index contributed by atoms with van der Waals surface area (Å²) in [4.78, 5) is 11.6. The molecule has 0 heterocycles. The van der Waals surface area contributed by atoms with Crippen LogP contribution in [-0.2, 0) is 16.0 Å². The summed E-state index contributed by atoms with van der Waals surface area (Å²) in [6.45, 7) is 2.38. The SMILES string of the molecule is CCOC(=O)[C@@H]1C[C@H]1CCc1ccc(C2CCCCC2)cc1. The molecule has 0 spiro atoms. The number of hydrogen-bond acceptors (Lipinski definition) is 2. The van der Waals surface area contributed by atoms with Crippen LogP contribution in [0.2, 0.25) is 0 Å². The Morgan fingerprint density at radius 2 is 1.86 bits per heavy atom. The predicted molar refractivity (Wildman–Crippen MR) is 88.8 cm³/mol. The van der Waals surface area contributed by atoms with Gasteiger partial charge in [-0.25, -0.2) is 0 Å². The minimum absolute atomic E-state index is 0.0140. The van der Waals surface area contributed by atoms with Crippen molar-refractivity contribution in [2.75, 3.05) is 6.61 Å². The van der Waals surface area contributed by atoms with Gasteiger partial charge in [0.25, 0.3) is 0 Å². The lowest BCUT2D eigenvalue weighted by Crippen LogP contribution is -2.07. The van der Waals surface area contributed by atoms with Gasteiger partial charge in [0.15, 0.2) is 0 Å². The van der Waals surface area contributed by atoms with Gasteiger partial charge in [-0.15, -0.1) is 0 Å². The standard InChI is InChI=1S/C20H28O2/c1-2-22-20(21)19-14-18(19)13-10-15-8-11-17(12-9-15)16-6-4-3-5-7-16/h8-9,11-12,16,18-19H,2-7,10,13-14H2,1H3/t18-,19-/m1/s1. The van der Waals surface area contributed by atoms with Crippen LogP contribution in [0.3, 0.4) is 0 Å². The summed E-state index contributed by atoms with van der Waals surface area (Å²) in [7, 11) is 0. The Labute approximate surface area is 134 Å². The van der Waals surface area contributed by atoms with Crippen LogP contribution >= 0.6 is 0 Å². The van der Waals surface area contributed by atoms with Crippen molar-refractivity contribution >= 4 is 5.97 Å². The van der Waals surface area contributed by atoms with Crippen molar-refractivity contribution in [2.24, 2.45) is 11.8 Å². The molecule has 0 amide bonds. The van der Waals surface area contributed by atoms with Crippen molar-refractivity contribution in [3.05, 3.63) is 35.4 Å². The largest absolute Gasteiger partial charge is 0.466 e. The van der Waals surface area contributed by atoms with Crippen molar-refractivity contribution in [1.29, 1.82) is 0 Å². The molecule has 0 N–H and O–H groups in total. The molecule has 2 heteroatoms. The van der Waals surface area contributed by atoms with Crippen LogP contribution in [0.15, 0.2) is 24.3 Å². The highest BCUT2D eigenvalue weighted by Gasteiger charge is 2.43. The Morgan fingerprint density at radius 1 is 1.14 bits per heavy atom. The molecule has 1 aromatic carbocycles. The van der Waals surface area contributed by atoms with Crippen LogP contribution in [0.25, 0.3) is 0 Å². The maximum atomic E-state index is 11.6. The third kappa shape index (κ3) is 3.91. The second kappa shape index (κ2) is 7.30. The molecule has 0 aliphatic heterocycles. The van der Waals surface area contributed by atoms with Gasteiger partial charge in [-0.1, -0.05) is 43.5 Å². The van der Waals surface area contributed by atoms with E-state index in [1.165, 1.54) is 43.2 Å². The Kier molecular flexibility index (Phi) is 5.17. The zero-order valence-corrected chi connectivity index (χ0v) is 13.7. The second-order valence-electron chi connectivity index (χ2n) is 6.97. The van der Waals surface area contributed by atoms with E-state index in [9.17, 15) is 4.79 Å². The number of hydrogen-bond donors (Lipinski definition) is 0. The van der Waals surface area contributed by atoms with Gasteiger partial charge >= 0.3 is 5.97 Å². The molecule has 22 heavy (non-hydrogen) atoms. The number of rotatable bonds is 6. The first kappa shape index (κ1) is 15.6. The number of benzene rings is 1. The molecule has 120 valence electrons. The summed E-state index contributed by atoms with van der Waals surface area (Å²) in [5.41, 5.74) is 2.94. The Balaban J connectivity index is 1.45. The first-order valence-electron chi connectivity index (χ1n) is 9.03. The summed E-state index contributed by atoms with van der Waals surface area (Å²) in [5.74, 6) is 1.54. The average molecular weight is 300 g/mol. The van der Waals surface area contributed by atoms with Crippen LogP contribution in [-0.4, -0.2) is 12.6 Å². The third-order valence-corrected chi connectivity index (χ3v) is 5.37. The predicted octanol–water partition coefficient (Wildman–Crippen LogP) is 4.87. The molecular weight excluding hydrogens is 272 g/mol. The number of carbonyl (C=O) groups is 1. The van der Waals surface area contributed by atoms with Crippen LogP contribution in [0, 0.1) is 11.8 Å². The van der Waals surface area contributed by atoms with E-state index in [4.69, 9.17) is 4.74 Å². The number of esters is 1. The molecule has 0 bridgehead atoms. The molecule has 3 rings (SSSR count). The molecular formula is C20H28O2. The van der Waals surface area contributed by atoms with Crippen molar-refractivity contribution in [3.63, 3.8) is 0 Å². The number of carbonyl (C=O) groups excluding carboxylic acids is 1. The maximum absolute atomic E-state index is 11.6. The van der Waals surface area contributed by atoms with E-state index in [1.807, 2.05) is 6.92 Å². The Hall–Kier alpha value is -1.31. The molecule has 0 saturated heterocycles. The molecule has 2 aliphatic rings.